The molecular formula is C17H20N2O. The Bertz CT molecular complexity index is 551. The predicted molar refractivity (Wildman–Crippen MR) is 80.9 cm³/mol. The van der Waals surface area contributed by atoms with Gasteiger partial charge in [-0.15, -0.1) is 0 Å². The van der Waals surface area contributed by atoms with Gasteiger partial charge in [-0.05, 0) is 43.0 Å². The molecule has 0 saturated carbocycles. The van der Waals surface area contributed by atoms with Gasteiger partial charge in [0.25, 0.3) is 0 Å². The lowest BCUT2D eigenvalue weighted by Crippen LogP contribution is -2.26. The van der Waals surface area contributed by atoms with Gasteiger partial charge >= 0.3 is 0 Å². The standard InChI is InChI=1S/C17H20N2O/c1-13(20)17-7-6-16(12-18-17)19-10-8-14-4-2-3-5-15(14)9-11-19/h2-7,12-13,20H,8-11H2,1H3. The molecule has 1 atom stereocenters. The predicted octanol–water partition coefficient (Wildman–Crippen LogP) is 2.74. The van der Waals surface area contributed by atoms with Crippen LogP contribution in [0, 0.1) is 0 Å². The monoisotopic (exact) mass is 268 g/mol. The van der Waals surface area contributed by atoms with Crippen LogP contribution in [0.5, 0.6) is 0 Å². The number of nitrogens with zero attached hydrogens (tertiary/aromatic N) is 2. The molecule has 3 rings (SSSR count). The number of pyridine rings is 1. The Labute approximate surface area is 119 Å². The maximum atomic E-state index is 9.51. The molecule has 3 heteroatoms. The summed E-state index contributed by atoms with van der Waals surface area (Å²) in [5, 5.41) is 9.51. The summed E-state index contributed by atoms with van der Waals surface area (Å²) >= 11 is 0. The Balaban J connectivity index is 1.76. The van der Waals surface area contributed by atoms with Gasteiger partial charge in [-0.2, -0.15) is 0 Å². The molecule has 0 spiro atoms. The van der Waals surface area contributed by atoms with Crippen molar-refractivity contribution >= 4 is 5.69 Å². The number of anilines is 1. The van der Waals surface area contributed by atoms with Crippen LogP contribution in [0.15, 0.2) is 42.6 Å². The van der Waals surface area contributed by atoms with Gasteiger partial charge in [0, 0.05) is 13.1 Å². The van der Waals surface area contributed by atoms with Crippen molar-refractivity contribution in [3.8, 4) is 0 Å². The van der Waals surface area contributed by atoms with E-state index < -0.39 is 6.10 Å². The number of hydrogen-bond acceptors (Lipinski definition) is 3. The van der Waals surface area contributed by atoms with E-state index in [1.807, 2.05) is 12.3 Å². The molecule has 1 aromatic carbocycles. The van der Waals surface area contributed by atoms with Gasteiger partial charge in [0.1, 0.15) is 0 Å². The number of aromatic nitrogens is 1. The quantitative estimate of drug-likeness (QED) is 0.910. The first-order chi connectivity index (χ1) is 9.74. The number of aliphatic hydroxyl groups excluding tert-OH is 1. The fraction of sp³-hybridized carbons (Fsp3) is 0.353. The maximum Gasteiger partial charge on any atom is 0.0931 e. The van der Waals surface area contributed by atoms with E-state index in [1.165, 1.54) is 11.1 Å². The van der Waals surface area contributed by atoms with Gasteiger partial charge in [-0.25, -0.2) is 0 Å². The van der Waals surface area contributed by atoms with E-state index in [2.05, 4.69) is 40.2 Å². The van der Waals surface area contributed by atoms with Crippen LogP contribution in [0.25, 0.3) is 0 Å². The molecule has 1 unspecified atom stereocenters. The molecule has 104 valence electrons. The van der Waals surface area contributed by atoms with Crippen molar-refractivity contribution in [2.75, 3.05) is 18.0 Å². The summed E-state index contributed by atoms with van der Waals surface area (Å²) in [5.41, 5.74) is 4.79. The lowest BCUT2D eigenvalue weighted by atomic mass is 10.0. The molecule has 0 bridgehead atoms. The highest BCUT2D eigenvalue weighted by molar-refractivity contribution is 5.46. The Morgan fingerprint density at radius 2 is 1.70 bits per heavy atom. The number of benzene rings is 1. The Morgan fingerprint density at radius 1 is 1.05 bits per heavy atom. The SMILES string of the molecule is CC(O)c1ccc(N2CCc3ccccc3CC2)cn1. The minimum Gasteiger partial charge on any atom is -0.387 e. The molecule has 0 saturated heterocycles. The summed E-state index contributed by atoms with van der Waals surface area (Å²) in [4.78, 5) is 6.72. The molecule has 2 aromatic rings. The number of fused-ring (bicyclic) bond motifs is 1. The van der Waals surface area contributed by atoms with Gasteiger partial charge in [-0.1, -0.05) is 24.3 Å². The van der Waals surface area contributed by atoms with E-state index in [1.54, 1.807) is 6.92 Å². The van der Waals surface area contributed by atoms with Gasteiger partial charge in [-0.3, -0.25) is 4.98 Å². The summed E-state index contributed by atoms with van der Waals surface area (Å²) < 4.78 is 0. The van der Waals surface area contributed by atoms with E-state index in [4.69, 9.17) is 0 Å². The fourth-order valence-electron chi connectivity index (χ4n) is 2.76. The fourth-order valence-corrected chi connectivity index (χ4v) is 2.76. The third kappa shape index (κ3) is 2.68. The minimum atomic E-state index is -0.502. The minimum absolute atomic E-state index is 0.502. The normalized spacial score (nSPS) is 16.4. The van der Waals surface area contributed by atoms with Gasteiger partial charge in [0.2, 0.25) is 0 Å². The second kappa shape index (κ2) is 5.63. The Hall–Kier alpha value is -1.87. The molecule has 0 amide bonds. The van der Waals surface area contributed by atoms with Crippen LogP contribution < -0.4 is 4.90 Å². The molecule has 1 aliphatic heterocycles. The van der Waals surface area contributed by atoms with Crippen LogP contribution in [0.2, 0.25) is 0 Å². The van der Waals surface area contributed by atoms with Gasteiger partial charge < -0.3 is 10.0 Å². The maximum absolute atomic E-state index is 9.51. The first kappa shape index (κ1) is 13.1. The second-order valence-corrected chi connectivity index (χ2v) is 5.37. The topological polar surface area (TPSA) is 36.4 Å². The highest BCUT2D eigenvalue weighted by atomic mass is 16.3. The highest BCUT2D eigenvalue weighted by Gasteiger charge is 2.14. The summed E-state index contributed by atoms with van der Waals surface area (Å²) in [5.74, 6) is 0. The van der Waals surface area contributed by atoms with Crippen LogP contribution in [-0.4, -0.2) is 23.2 Å². The van der Waals surface area contributed by atoms with E-state index in [-0.39, 0.29) is 0 Å². The Morgan fingerprint density at radius 3 is 2.20 bits per heavy atom. The summed E-state index contributed by atoms with van der Waals surface area (Å²) in [6, 6.07) is 12.7. The molecule has 0 aliphatic carbocycles. The molecule has 1 aliphatic rings. The third-order valence-electron chi connectivity index (χ3n) is 3.98. The third-order valence-corrected chi connectivity index (χ3v) is 3.98. The van der Waals surface area contributed by atoms with E-state index in [0.717, 1.165) is 37.3 Å². The van der Waals surface area contributed by atoms with Crippen LogP contribution in [-0.2, 0) is 12.8 Å². The van der Waals surface area contributed by atoms with Crippen molar-refractivity contribution in [1.29, 1.82) is 0 Å². The molecule has 1 N–H and O–H groups in total. The highest BCUT2D eigenvalue weighted by Crippen LogP contribution is 2.21. The van der Waals surface area contributed by atoms with E-state index >= 15 is 0 Å². The van der Waals surface area contributed by atoms with Crippen molar-refractivity contribution in [1.82, 2.24) is 4.98 Å². The number of rotatable bonds is 2. The number of hydrogen-bond donors (Lipinski definition) is 1. The van der Waals surface area contributed by atoms with Crippen molar-refractivity contribution in [2.45, 2.75) is 25.9 Å². The average Bonchev–Trinajstić information content (AvgIpc) is 2.70. The number of aliphatic hydroxyl groups is 1. The first-order valence-corrected chi connectivity index (χ1v) is 7.20. The Kier molecular flexibility index (Phi) is 3.70. The zero-order valence-electron chi connectivity index (χ0n) is 11.8. The molecule has 20 heavy (non-hydrogen) atoms. The smallest absolute Gasteiger partial charge is 0.0931 e. The lowest BCUT2D eigenvalue weighted by Gasteiger charge is -2.22. The van der Waals surface area contributed by atoms with Crippen molar-refractivity contribution in [3.63, 3.8) is 0 Å². The summed E-state index contributed by atoms with van der Waals surface area (Å²) in [6.07, 6.45) is 3.53. The van der Waals surface area contributed by atoms with Crippen LogP contribution in [0.1, 0.15) is 29.8 Å². The summed E-state index contributed by atoms with van der Waals surface area (Å²) in [6.45, 7) is 3.78. The largest absolute Gasteiger partial charge is 0.387 e. The van der Waals surface area contributed by atoms with Crippen molar-refractivity contribution < 1.29 is 5.11 Å². The zero-order chi connectivity index (χ0) is 13.9. The second-order valence-electron chi connectivity index (χ2n) is 5.37. The lowest BCUT2D eigenvalue weighted by molar-refractivity contribution is 0.194. The molecular weight excluding hydrogens is 248 g/mol. The average molecular weight is 268 g/mol. The van der Waals surface area contributed by atoms with Crippen LogP contribution in [0.4, 0.5) is 5.69 Å². The molecule has 0 radical (unpaired) electrons. The zero-order valence-corrected chi connectivity index (χ0v) is 11.8. The molecule has 1 aromatic heterocycles. The van der Waals surface area contributed by atoms with Gasteiger partial charge in [0.05, 0.1) is 23.7 Å². The van der Waals surface area contributed by atoms with Crippen LogP contribution >= 0.6 is 0 Å². The molecule has 0 fully saturated rings. The first-order valence-electron chi connectivity index (χ1n) is 7.20. The van der Waals surface area contributed by atoms with Crippen LogP contribution in [0.3, 0.4) is 0 Å². The van der Waals surface area contributed by atoms with Gasteiger partial charge in [0.15, 0.2) is 0 Å². The van der Waals surface area contributed by atoms with Crippen molar-refractivity contribution in [3.05, 3.63) is 59.4 Å². The molecule has 2 heterocycles. The summed E-state index contributed by atoms with van der Waals surface area (Å²) in [7, 11) is 0. The molecule has 3 nitrogen and oxygen atoms in total. The van der Waals surface area contributed by atoms with E-state index in [9.17, 15) is 5.11 Å². The van der Waals surface area contributed by atoms with Crippen molar-refractivity contribution in [2.24, 2.45) is 0 Å². The van der Waals surface area contributed by atoms with E-state index in [0.29, 0.717) is 0 Å².